The highest BCUT2D eigenvalue weighted by Gasteiger charge is 2.16. The molecule has 0 amide bonds. The lowest BCUT2D eigenvalue weighted by atomic mass is 10.2. The van der Waals surface area contributed by atoms with Crippen molar-refractivity contribution in [3.05, 3.63) is 35.8 Å². The van der Waals surface area contributed by atoms with Crippen molar-refractivity contribution in [2.45, 2.75) is 6.92 Å². The molecule has 0 bridgehead atoms. The number of benzene rings is 1. The highest BCUT2D eigenvalue weighted by molar-refractivity contribution is 7.18. The fourth-order valence-corrected chi connectivity index (χ4v) is 2.40. The predicted molar refractivity (Wildman–Crippen MR) is 69.9 cm³/mol. The second kappa shape index (κ2) is 4.43. The van der Waals surface area contributed by atoms with Crippen LogP contribution in [0.15, 0.2) is 28.8 Å². The van der Waals surface area contributed by atoms with Crippen molar-refractivity contribution in [1.29, 1.82) is 0 Å². The van der Waals surface area contributed by atoms with Gasteiger partial charge < -0.3 is 10.3 Å². The molecule has 0 aliphatic carbocycles. The van der Waals surface area contributed by atoms with Gasteiger partial charge in [-0.2, -0.15) is 4.98 Å². The quantitative estimate of drug-likeness (QED) is 0.778. The van der Waals surface area contributed by atoms with E-state index in [9.17, 15) is 4.39 Å². The Labute approximate surface area is 111 Å². The Morgan fingerprint density at radius 3 is 2.58 bits per heavy atom. The fourth-order valence-electron chi connectivity index (χ4n) is 1.65. The van der Waals surface area contributed by atoms with Crippen molar-refractivity contribution >= 4 is 16.5 Å². The zero-order chi connectivity index (χ0) is 13.4. The van der Waals surface area contributed by atoms with E-state index in [1.165, 1.54) is 23.5 Å². The molecule has 3 aromatic rings. The van der Waals surface area contributed by atoms with Gasteiger partial charge in [-0.05, 0) is 31.2 Å². The smallest absolute Gasteiger partial charge is 0.270 e. The zero-order valence-corrected chi connectivity index (χ0v) is 10.7. The summed E-state index contributed by atoms with van der Waals surface area (Å²) in [5.74, 6) is 0.464. The summed E-state index contributed by atoms with van der Waals surface area (Å²) < 4.78 is 18.0. The van der Waals surface area contributed by atoms with Gasteiger partial charge in [0.25, 0.3) is 5.89 Å². The molecule has 7 heteroatoms. The number of aromatic nitrogens is 3. The number of anilines is 1. The SMILES string of the molecule is Cc1nc(N)sc1-c1nc(-c2ccc(F)cc2)no1. The third kappa shape index (κ3) is 2.19. The molecular formula is C12H9FN4OS. The number of rotatable bonds is 2. The fraction of sp³-hybridized carbons (Fsp3) is 0.0833. The second-order valence-electron chi connectivity index (χ2n) is 3.90. The van der Waals surface area contributed by atoms with E-state index in [-0.39, 0.29) is 5.82 Å². The maximum absolute atomic E-state index is 12.8. The molecule has 0 unspecified atom stereocenters. The molecule has 19 heavy (non-hydrogen) atoms. The first-order valence-electron chi connectivity index (χ1n) is 5.46. The van der Waals surface area contributed by atoms with Gasteiger partial charge in [0, 0.05) is 5.56 Å². The molecule has 1 aromatic carbocycles. The Morgan fingerprint density at radius 1 is 1.21 bits per heavy atom. The lowest BCUT2D eigenvalue weighted by Gasteiger charge is -1.92. The molecule has 0 saturated heterocycles. The summed E-state index contributed by atoms with van der Waals surface area (Å²) in [7, 11) is 0. The summed E-state index contributed by atoms with van der Waals surface area (Å²) in [4.78, 5) is 9.12. The van der Waals surface area contributed by atoms with E-state index in [0.29, 0.717) is 22.4 Å². The summed E-state index contributed by atoms with van der Waals surface area (Å²) >= 11 is 1.29. The average molecular weight is 276 g/mol. The van der Waals surface area contributed by atoms with Gasteiger partial charge in [-0.3, -0.25) is 0 Å². The minimum Gasteiger partial charge on any atom is -0.375 e. The highest BCUT2D eigenvalue weighted by Crippen LogP contribution is 2.31. The molecule has 5 nitrogen and oxygen atoms in total. The van der Waals surface area contributed by atoms with Crippen LogP contribution >= 0.6 is 11.3 Å². The van der Waals surface area contributed by atoms with Gasteiger partial charge in [0.15, 0.2) is 5.13 Å². The third-order valence-electron chi connectivity index (χ3n) is 2.54. The van der Waals surface area contributed by atoms with Crippen LogP contribution in [0, 0.1) is 12.7 Å². The normalized spacial score (nSPS) is 10.8. The van der Waals surface area contributed by atoms with Crippen LogP contribution in [0.3, 0.4) is 0 Å². The molecule has 0 saturated carbocycles. The van der Waals surface area contributed by atoms with Crippen LogP contribution in [-0.4, -0.2) is 15.1 Å². The molecule has 96 valence electrons. The number of hydrogen-bond donors (Lipinski definition) is 1. The second-order valence-corrected chi connectivity index (χ2v) is 4.93. The van der Waals surface area contributed by atoms with E-state index < -0.39 is 0 Å². The van der Waals surface area contributed by atoms with E-state index in [1.807, 2.05) is 6.92 Å². The molecule has 2 aromatic heterocycles. The van der Waals surface area contributed by atoms with Gasteiger partial charge in [0.2, 0.25) is 5.82 Å². The van der Waals surface area contributed by atoms with E-state index in [4.69, 9.17) is 10.3 Å². The minimum absolute atomic E-state index is 0.307. The summed E-state index contributed by atoms with van der Waals surface area (Å²) in [5, 5.41) is 4.33. The largest absolute Gasteiger partial charge is 0.375 e. The van der Waals surface area contributed by atoms with Crippen LogP contribution < -0.4 is 5.73 Å². The first-order chi connectivity index (χ1) is 9.13. The number of hydrogen-bond acceptors (Lipinski definition) is 6. The Bertz CT molecular complexity index is 720. The van der Waals surface area contributed by atoms with Crippen LogP contribution in [0.25, 0.3) is 22.2 Å². The Balaban J connectivity index is 1.99. The first kappa shape index (κ1) is 11.8. The first-order valence-corrected chi connectivity index (χ1v) is 6.28. The van der Waals surface area contributed by atoms with Gasteiger partial charge in [-0.1, -0.05) is 16.5 Å². The van der Waals surface area contributed by atoms with Crippen molar-refractivity contribution in [2.24, 2.45) is 0 Å². The molecule has 0 aliphatic rings. The Kier molecular flexibility index (Phi) is 2.75. The molecule has 3 rings (SSSR count). The highest BCUT2D eigenvalue weighted by atomic mass is 32.1. The monoisotopic (exact) mass is 276 g/mol. The van der Waals surface area contributed by atoms with Crippen LogP contribution in [0.4, 0.5) is 9.52 Å². The van der Waals surface area contributed by atoms with E-state index in [1.54, 1.807) is 12.1 Å². The predicted octanol–water partition coefficient (Wildman–Crippen LogP) is 2.89. The lowest BCUT2D eigenvalue weighted by Crippen LogP contribution is -1.82. The Hall–Kier alpha value is -2.28. The molecule has 0 atom stereocenters. The van der Waals surface area contributed by atoms with E-state index in [2.05, 4.69) is 15.1 Å². The van der Waals surface area contributed by atoms with Crippen LogP contribution in [0.2, 0.25) is 0 Å². The van der Waals surface area contributed by atoms with Gasteiger partial charge in [-0.15, -0.1) is 0 Å². The maximum atomic E-state index is 12.8. The van der Waals surface area contributed by atoms with Gasteiger partial charge in [0.1, 0.15) is 10.7 Å². The van der Waals surface area contributed by atoms with Crippen molar-refractivity contribution in [1.82, 2.24) is 15.1 Å². The molecular weight excluding hydrogens is 267 g/mol. The molecule has 2 heterocycles. The summed E-state index contributed by atoms with van der Waals surface area (Å²) in [6.07, 6.45) is 0. The summed E-state index contributed by atoms with van der Waals surface area (Å²) in [6.45, 7) is 1.82. The molecule has 0 fully saturated rings. The van der Waals surface area contributed by atoms with Gasteiger partial charge in [0.05, 0.1) is 5.69 Å². The van der Waals surface area contributed by atoms with E-state index >= 15 is 0 Å². The van der Waals surface area contributed by atoms with Gasteiger partial charge in [-0.25, -0.2) is 9.37 Å². The number of nitrogens with zero attached hydrogens (tertiary/aromatic N) is 3. The van der Waals surface area contributed by atoms with E-state index in [0.717, 1.165) is 10.6 Å². The standard InChI is InChI=1S/C12H9FN4OS/c1-6-9(19-12(14)15-6)11-16-10(17-18-11)7-2-4-8(13)5-3-7/h2-5H,1H3,(H2,14,15). The summed E-state index contributed by atoms with van der Waals surface area (Å²) in [5.41, 5.74) is 7.06. The third-order valence-corrected chi connectivity index (χ3v) is 3.51. The van der Waals surface area contributed by atoms with Crippen molar-refractivity contribution in [2.75, 3.05) is 5.73 Å². The van der Waals surface area contributed by atoms with Crippen molar-refractivity contribution in [3.63, 3.8) is 0 Å². The zero-order valence-electron chi connectivity index (χ0n) is 9.92. The average Bonchev–Trinajstić information content (AvgIpc) is 2.97. The number of nitrogens with two attached hydrogens (primary N) is 1. The minimum atomic E-state index is -0.307. The number of aryl methyl sites for hydroxylation is 1. The molecule has 2 N–H and O–H groups in total. The van der Waals surface area contributed by atoms with Crippen LogP contribution in [-0.2, 0) is 0 Å². The number of nitrogen functional groups attached to an aromatic ring is 1. The number of halogens is 1. The topological polar surface area (TPSA) is 77.8 Å². The molecule has 0 spiro atoms. The van der Waals surface area contributed by atoms with Crippen molar-refractivity contribution < 1.29 is 8.91 Å². The summed E-state index contributed by atoms with van der Waals surface area (Å²) in [6, 6.07) is 5.89. The van der Waals surface area contributed by atoms with Crippen LogP contribution in [0.1, 0.15) is 5.69 Å². The maximum Gasteiger partial charge on any atom is 0.270 e. The molecule has 0 aliphatic heterocycles. The van der Waals surface area contributed by atoms with Gasteiger partial charge >= 0.3 is 0 Å². The lowest BCUT2D eigenvalue weighted by molar-refractivity contribution is 0.433. The Morgan fingerprint density at radius 2 is 1.95 bits per heavy atom. The molecule has 0 radical (unpaired) electrons. The number of thiazole rings is 1. The van der Waals surface area contributed by atoms with Crippen molar-refractivity contribution in [3.8, 4) is 22.2 Å². The van der Waals surface area contributed by atoms with Crippen LogP contribution in [0.5, 0.6) is 0 Å².